The number of carboxylic acids is 1. The van der Waals surface area contributed by atoms with E-state index in [-0.39, 0.29) is 5.82 Å². The largest absolute Gasteiger partial charge is 0.475 e. The third-order valence-electron chi connectivity index (χ3n) is 2.09. The molecule has 4 heteroatoms. The minimum absolute atomic E-state index is 0.0643. The number of carboxylic acid groups (broad SMARTS) is 1. The van der Waals surface area contributed by atoms with Gasteiger partial charge in [-0.3, -0.25) is 0 Å². The number of carbonyl (C=O) groups is 1. The van der Waals surface area contributed by atoms with Gasteiger partial charge in [-0.05, 0) is 19.8 Å². The molecular weight excluding hydrogens is 156 g/mol. The summed E-state index contributed by atoms with van der Waals surface area (Å²) in [5.74, 6) is -0.409. The standard InChI is InChI=1S/C8H10N2O2/c1-4-6(5-2-3-5)10-7(9-4)8(11)12/h5H,2-3H2,1H3,(H,9,10)(H,11,12). The highest BCUT2D eigenvalue weighted by Crippen LogP contribution is 2.40. The average molecular weight is 166 g/mol. The highest BCUT2D eigenvalue weighted by Gasteiger charge is 2.28. The molecule has 0 atom stereocenters. The van der Waals surface area contributed by atoms with Gasteiger partial charge in [0.1, 0.15) is 0 Å². The summed E-state index contributed by atoms with van der Waals surface area (Å²) in [5, 5.41) is 8.63. The number of aromatic amines is 1. The van der Waals surface area contributed by atoms with Crippen molar-refractivity contribution in [3.63, 3.8) is 0 Å². The van der Waals surface area contributed by atoms with Crippen molar-refractivity contribution in [2.24, 2.45) is 0 Å². The van der Waals surface area contributed by atoms with Gasteiger partial charge in [-0.2, -0.15) is 0 Å². The maximum Gasteiger partial charge on any atom is 0.371 e. The Hall–Kier alpha value is -1.32. The fraction of sp³-hybridized carbons (Fsp3) is 0.500. The van der Waals surface area contributed by atoms with Crippen LogP contribution in [0.4, 0.5) is 0 Å². The van der Waals surface area contributed by atoms with Crippen LogP contribution in [-0.4, -0.2) is 21.0 Å². The van der Waals surface area contributed by atoms with E-state index in [2.05, 4.69) is 9.97 Å². The number of imidazole rings is 1. The number of rotatable bonds is 2. The fourth-order valence-electron chi connectivity index (χ4n) is 1.33. The lowest BCUT2D eigenvalue weighted by Crippen LogP contribution is -1.98. The predicted octanol–water partition coefficient (Wildman–Crippen LogP) is 1.29. The van der Waals surface area contributed by atoms with Crippen LogP contribution >= 0.6 is 0 Å². The van der Waals surface area contributed by atoms with Crippen LogP contribution in [0.25, 0.3) is 0 Å². The lowest BCUT2D eigenvalue weighted by Gasteiger charge is -1.88. The van der Waals surface area contributed by atoms with Gasteiger partial charge in [-0.15, -0.1) is 0 Å². The van der Waals surface area contributed by atoms with Gasteiger partial charge in [-0.25, -0.2) is 9.78 Å². The molecule has 12 heavy (non-hydrogen) atoms. The van der Waals surface area contributed by atoms with Crippen LogP contribution in [0.5, 0.6) is 0 Å². The van der Waals surface area contributed by atoms with Gasteiger partial charge in [0.15, 0.2) is 0 Å². The SMILES string of the molecule is Cc1[nH]c(C(=O)O)nc1C1CC1. The van der Waals surface area contributed by atoms with Gasteiger partial charge in [0.25, 0.3) is 0 Å². The van der Waals surface area contributed by atoms with E-state index in [4.69, 9.17) is 5.11 Å². The van der Waals surface area contributed by atoms with Crippen molar-refractivity contribution in [3.05, 3.63) is 17.2 Å². The van der Waals surface area contributed by atoms with Gasteiger partial charge >= 0.3 is 5.97 Å². The van der Waals surface area contributed by atoms with E-state index in [9.17, 15) is 4.79 Å². The Morgan fingerprint density at radius 1 is 1.67 bits per heavy atom. The number of aromatic nitrogens is 2. The molecular formula is C8H10N2O2. The first-order valence-corrected chi connectivity index (χ1v) is 3.98. The second-order valence-electron chi connectivity index (χ2n) is 3.18. The monoisotopic (exact) mass is 166 g/mol. The molecule has 2 N–H and O–H groups in total. The third-order valence-corrected chi connectivity index (χ3v) is 2.09. The van der Waals surface area contributed by atoms with E-state index >= 15 is 0 Å². The molecule has 0 bridgehead atoms. The molecule has 4 nitrogen and oxygen atoms in total. The quantitative estimate of drug-likeness (QED) is 0.695. The predicted molar refractivity (Wildman–Crippen MR) is 42.3 cm³/mol. The number of nitrogens with one attached hydrogen (secondary N) is 1. The molecule has 0 amide bonds. The summed E-state index contributed by atoms with van der Waals surface area (Å²) >= 11 is 0. The van der Waals surface area contributed by atoms with Gasteiger partial charge in [0, 0.05) is 11.6 Å². The number of nitrogens with zero attached hydrogens (tertiary/aromatic N) is 1. The smallest absolute Gasteiger partial charge is 0.371 e. The number of hydrogen-bond donors (Lipinski definition) is 2. The Morgan fingerprint density at radius 2 is 2.33 bits per heavy atom. The van der Waals surface area contributed by atoms with Crippen molar-refractivity contribution >= 4 is 5.97 Å². The Morgan fingerprint density at radius 3 is 2.75 bits per heavy atom. The Kier molecular flexibility index (Phi) is 1.43. The summed E-state index contributed by atoms with van der Waals surface area (Å²) in [6.07, 6.45) is 2.29. The molecule has 0 aromatic carbocycles. The van der Waals surface area contributed by atoms with Crippen LogP contribution in [0.15, 0.2) is 0 Å². The summed E-state index contributed by atoms with van der Waals surface area (Å²) < 4.78 is 0. The van der Waals surface area contributed by atoms with Crippen molar-refractivity contribution in [3.8, 4) is 0 Å². The molecule has 0 unspecified atom stereocenters. The molecule has 1 aliphatic rings. The van der Waals surface area contributed by atoms with Crippen LogP contribution in [0.2, 0.25) is 0 Å². The average Bonchev–Trinajstić information content (AvgIpc) is 2.75. The molecule has 1 heterocycles. The highest BCUT2D eigenvalue weighted by atomic mass is 16.4. The molecule has 0 spiro atoms. The minimum Gasteiger partial charge on any atom is -0.475 e. The van der Waals surface area contributed by atoms with Gasteiger partial charge < -0.3 is 10.1 Å². The van der Waals surface area contributed by atoms with Gasteiger partial charge in [-0.1, -0.05) is 0 Å². The van der Waals surface area contributed by atoms with E-state index in [0.29, 0.717) is 5.92 Å². The van der Waals surface area contributed by atoms with Crippen molar-refractivity contribution in [1.29, 1.82) is 0 Å². The molecule has 2 rings (SSSR count). The Balaban J connectivity index is 2.36. The zero-order valence-electron chi connectivity index (χ0n) is 6.79. The first-order valence-electron chi connectivity index (χ1n) is 3.98. The lowest BCUT2D eigenvalue weighted by molar-refractivity contribution is 0.0684. The molecule has 64 valence electrons. The van der Waals surface area contributed by atoms with Crippen molar-refractivity contribution in [1.82, 2.24) is 9.97 Å². The van der Waals surface area contributed by atoms with Gasteiger partial charge in [0.2, 0.25) is 5.82 Å². The summed E-state index contributed by atoms with van der Waals surface area (Å²) in [5.41, 5.74) is 1.84. The lowest BCUT2D eigenvalue weighted by atomic mass is 10.2. The second-order valence-corrected chi connectivity index (χ2v) is 3.18. The van der Waals surface area contributed by atoms with Crippen molar-refractivity contribution < 1.29 is 9.90 Å². The number of aromatic carboxylic acids is 1. The van der Waals surface area contributed by atoms with Crippen molar-refractivity contribution in [2.75, 3.05) is 0 Å². The van der Waals surface area contributed by atoms with E-state index in [1.54, 1.807) is 0 Å². The Labute approximate surface area is 69.6 Å². The molecule has 1 saturated carbocycles. The van der Waals surface area contributed by atoms with E-state index < -0.39 is 5.97 Å². The maximum atomic E-state index is 10.5. The molecule has 1 aliphatic carbocycles. The highest BCUT2D eigenvalue weighted by molar-refractivity contribution is 5.83. The van der Waals surface area contributed by atoms with Crippen LogP contribution in [0.3, 0.4) is 0 Å². The zero-order valence-corrected chi connectivity index (χ0v) is 6.79. The number of aryl methyl sites for hydroxylation is 1. The fourth-order valence-corrected chi connectivity index (χ4v) is 1.33. The molecule has 1 fully saturated rings. The van der Waals surface area contributed by atoms with Crippen molar-refractivity contribution in [2.45, 2.75) is 25.7 Å². The van der Waals surface area contributed by atoms with Crippen LogP contribution in [0.1, 0.15) is 40.8 Å². The summed E-state index contributed by atoms with van der Waals surface area (Å²) in [4.78, 5) is 17.3. The first kappa shape index (κ1) is 7.34. The van der Waals surface area contributed by atoms with E-state index in [0.717, 1.165) is 24.2 Å². The summed E-state index contributed by atoms with van der Waals surface area (Å²) in [7, 11) is 0. The van der Waals surface area contributed by atoms with Gasteiger partial charge in [0.05, 0.1) is 5.69 Å². The summed E-state index contributed by atoms with van der Waals surface area (Å²) in [6, 6.07) is 0. The second kappa shape index (κ2) is 2.33. The molecule has 1 aromatic rings. The van der Waals surface area contributed by atoms with E-state index in [1.807, 2.05) is 6.92 Å². The molecule has 0 radical (unpaired) electrons. The molecule has 0 saturated heterocycles. The minimum atomic E-state index is -0.981. The topological polar surface area (TPSA) is 66.0 Å². The number of hydrogen-bond acceptors (Lipinski definition) is 2. The van der Waals surface area contributed by atoms with Crippen LogP contribution in [-0.2, 0) is 0 Å². The Bertz CT molecular complexity index is 326. The van der Waals surface area contributed by atoms with Crippen LogP contribution in [0, 0.1) is 6.92 Å². The third kappa shape index (κ3) is 1.09. The normalized spacial score (nSPS) is 16.4. The number of H-pyrrole nitrogens is 1. The van der Waals surface area contributed by atoms with E-state index in [1.165, 1.54) is 0 Å². The zero-order chi connectivity index (χ0) is 8.72. The maximum absolute atomic E-state index is 10.5. The van der Waals surface area contributed by atoms with Crippen LogP contribution < -0.4 is 0 Å². The molecule has 0 aliphatic heterocycles. The first-order chi connectivity index (χ1) is 5.68. The molecule has 1 aromatic heterocycles. The summed E-state index contributed by atoms with van der Waals surface area (Å²) in [6.45, 7) is 1.87.